The summed E-state index contributed by atoms with van der Waals surface area (Å²) in [5.74, 6) is -0.321. The van der Waals surface area contributed by atoms with E-state index < -0.39 is 0 Å². The highest BCUT2D eigenvalue weighted by Gasteiger charge is 1.97. The van der Waals surface area contributed by atoms with Crippen molar-refractivity contribution in [1.29, 1.82) is 0 Å². The van der Waals surface area contributed by atoms with Gasteiger partial charge in [-0.1, -0.05) is 42.0 Å². The molecule has 2 aromatic carbocycles. The van der Waals surface area contributed by atoms with Gasteiger partial charge in [-0.05, 0) is 49.1 Å². The Kier molecular flexibility index (Phi) is 5.90. The topological polar surface area (TPSA) is 29.1 Å². The first-order valence-corrected chi connectivity index (χ1v) is 7.40. The standard InChI is InChI=1S/C19H20FNO/c1-15-4-6-17(7-5-15)10-13-19(22)21-14-2-3-16-8-11-18(20)12-9-16/h4-13H,2-3,14H2,1H3,(H,21,22)/b13-10+. The SMILES string of the molecule is Cc1ccc(/C=C/C(=O)NCCCc2ccc(F)cc2)cc1. The number of carbonyl (C=O) groups excluding carboxylic acids is 1. The molecule has 0 radical (unpaired) electrons. The fourth-order valence-electron chi connectivity index (χ4n) is 2.06. The number of hydrogen-bond donors (Lipinski definition) is 1. The predicted octanol–water partition coefficient (Wildman–Crippen LogP) is 3.90. The number of benzene rings is 2. The summed E-state index contributed by atoms with van der Waals surface area (Å²) in [7, 11) is 0. The van der Waals surface area contributed by atoms with Gasteiger partial charge in [0.25, 0.3) is 0 Å². The highest BCUT2D eigenvalue weighted by molar-refractivity contribution is 5.91. The van der Waals surface area contributed by atoms with E-state index in [1.807, 2.05) is 31.2 Å². The van der Waals surface area contributed by atoms with Crippen molar-refractivity contribution in [2.75, 3.05) is 6.54 Å². The molecule has 0 saturated heterocycles. The van der Waals surface area contributed by atoms with Crippen LogP contribution in [0.1, 0.15) is 23.1 Å². The lowest BCUT2D eigenvalue weighted by Gasteiger charge is -2.03. The molecule has 0 spiro atoms. The summed E-state index contributed by atoms with van der Waals surface area (Å²) in [5, 5.41) is 2.85. The minimum absolute atomic E-state index is 0.0975. The lowest BCUT2D eigenvalue weighted by molar-refractivity contribution is -0.116. The molecule has 0 saturated carbocycles. The molecule has 0 aliphatic heterocycles. The third-order valence-electron chi connectivity index (χ3n) is 3.36. The molecule has 3 heteroatoms. The van der Waals surface area contributed by atoms with Gasteiger partial charge in [0.05, 0.1) is 0 Å². The average Bonchev–Trinajstić information content (AvgIpc) is 2.53. The fourth-order valence-corrected chi connectivity index (χ4v) is 2.06. The molecule has 114 valence electrons. The second-order valence-corrected chi connectivity index (χ2v) is 5.27. The Balaban J connectivity index is 1.69. The molecule has 0 heterocycles. The van der Waals surface area contributed by atoms with Crippen molar-refractivity contribution in [2.24, 2.45) is 0 Å². The van der Waals surface area contributed by atoms with E-state index in [-0.39, 0.29) is 11.7 Å². The Morgan fingerprint density at radius 1 is 1.09 bits per heavy atom. The molecular formula is C19H20FNO. The molecule has 2 nitrogen and oxygen atoms in total. The zero-order valence-electron chi connectivity index (χ0n) is 12.7. The second-order valence-electron chi connectivity index (χ2n) is 5.27. The van der Waals surface area contributed by atoms with Gasteiger partial charge in [-0.15, -0.1) is 0 Å². The van der Waals surface area contributed by atoms with E-state index in [1.165, 1.54) is 17.7 Å². The Morgan fingerprint density at radius 3 is 2.45 bits per heavy atom. The Morgan fingerprint density at radius 2 is 1.77 bits per heavy atom. The van der Waals surface area contributed by atoms with E-state index in [4.69, 9.17) is 0 Å². The third-order valence-corrected chi connectivity index (χ3v) is 3.36. The van der Waals surface area contributed by atoms with Gasteiger partial charge in [-0.3, -0.25) is 4.79 Å². The van der Waals surface area contributed by atoms with Crippen LogP contribution in [0.25, 0.3) is 6.08 Å². The summed E-state index contributed by atoms with van der Waals surface area (Å²) in [6.07, 6.45) is 5.00. The summed E-state index contributed by atoms with van der Waals surface area (Å²) in [6.45, 7) is 2.63. The molecule has 1 N–H and O–H groups in total. The maximum absolute atomic E-state index is 12.8. The highest BCUT2D eigenvalue weighted by Crippen LogP contribution is 2.06. The van der Waals surface area contributed by atoms with Crippen LogP contribution in [0.5, 0.6) is 0 Å². The van der Waals surface area contributed by atoms with Crippen molar-refractivity contribution in [2.45, 2.75) is 19.8 Å². The van der Waals surface area contributed by atoms with Crippen LogP contribution < -0.4 is 5.32 Å². The quantitative estimate of drug-likeness (QED) is 0.636. The van der Waals surface area contributed by atoms with E-state index in [2.05, 4.69) is 5.32 Å². The van der Waals surface area contributed by atoms with Gasteiger partial charge in [0, 0.05) is 12.6 Å². The van der Waals surface area contributed by atoms with Crippen molar-refractivity contribution in [3.8, 4) is 0 Å². The smallest absolute Gasteiger partial charge is 0.243 e. The summed E-state index contributed by atoms with van der Waals surface area (Å²) in [6, 6.07) is 14.4. The van der Waals surface area contributed by atoms with Crippen molar-refractivity contribution in [3.63, 3.8) is 0 Å². The number of nitrogens with one attached hydrogen (secondary N) is 1. The van der Waals surface area contributed by atoms with E-state index >= 15 is 0 Å². The van der Waals surface area contributed by atoms with Crippen molar-refractivity contribution in [1.82, 2.24) is 5.32 Å². The van der Waals surface area contributed by atoms with Crippen LogP contribution in [0.2, 0.25) is 0 Å². The second kappa shape index (κ2) is 8.13. The number of amides is 1. The first-order valence-electron chi connectivity index (χ1n) is 7.40. The molecule has 1 amide bonds. The van der Waals surface area contributed by atoms with Crippen molar-refractivity contribution < 1.29 is 9.18 Å². The van der Waals surface area contributed by atoms with Crippen LogP contribution >= 0.6 is 0 Å². The van der Waals surface area contributed by atoms with Crippen molar-refractivity contribution in [3.05, 3.63) is 77.1 Å². The molecule has 2 aromatic rings. The van der Waals surface area contributed by atoms with Gasteiger partial charge in [-0.2, -0.15) is 0 Å². The van der Waals surface area contributed by atoms with E-state index in [9.17, 15) is 9.18 Å². The van der Waals surface area contributed by atoms with Crippen LogP contribution in [-0.4, -0.2) is 12.5 Å². The van der Waals surface area contributed by atoms with Crippen LogP contribution in [0, 0.1) is 12.7 Å². The maximum atomic E-state index is 12.8. The summed E-state index contributed by atoms with van der Waals surface area (Å²) in [5.41, 5.74) is 3.28. The normalized spacial score (nSPS) is 10.8. The van der Waals surface area contributed by atoms with Crippen LogP contribution in [0.15, 0.2) is 54.6 Å². The van der Waals surface area contributed by atoms with Gasteiger partial charge in [0.2, 0.25) is 5.91 Å². The Labute approximate surface area is 130 Å². The highest BCUT2D eigenvalue weighted by atomic mass is 19.1. The molecule has 0 aliphatic carbocycles. The minimum Gasteiger partial charge on any atom is -0.353 e. The number of rotatable bonds is 6. The maximum Gasteiger partial charge on any atom is 0.243 e. The number of carbonyl (C=O) groups is 1. The molecule has 0 aromatic heterocycles. The predicted molar refractivity (Wildman–Crippen MR) is 87.9 cm³/mol. The van der Waals surface area contributed by atoms with Gasteiger partial charge in [0.15, 0.2) is 0 Å². The molecular weight excluding hydrogens is 277 g/mol. The number of aryl methyl sites for hydroxylation is 2. The lowest BCUT2D eigenvalue weighted by Crippen LogP contribution is -2.22. The number of hydrogen-bond acceptors (Lipinski definition) is 1. The Hall–Kier alpha value is -2.42. The summed E-state index contributed by atoms with van der Waals surface area (Å²) >= 11 is 0. The fraction of sp³-hybridized carbons (Fsp3) is 0.211. The van der Waals surface area contributed by atoms with Crippen LogP contribution in [-0.2, 0) is 11.2 Å². The van der Waals surface area contributed by atoms with E-state index in [1.54, 1.807) is 24.3 Å². The molecule has 0 aliphatic rings. The zero-order valence-corrected chi connectivity index (χ0v) is 12.7. The van der Waals surface area contributed by atoms with Gasteiger partial charge in [-0.25, -0.2) is 4.39 Å². The first kappa shape index (κ1) is 16.0. The van der Waals surface area contributed by atoms with E-state index in [0.717, 1.165) is 24.0 Å². The third kappa shape index (κ3) is 5.52. The molecule has 0 fully saturated rings. The average molecular weight is 297 g/mol. The van der Waals surface area contributed by atoms with Gasteiger partial charge >= 0.3 is 0 Å². The summed E-state index contributed by atoms with van der Waals surface area (Å²) in [4.78, 5) is 11.7. The molecule has 2 rings (SSSR count). The Bertz CT molecular complexity index is 629. The van der Waals surface area contributed by atoms with Crippen LogP contribution in [0.4, 0.5) is 4.39 Å². The van der Waals surface area contributed by atoms with Gasteiger partial charge in [0.1, 0.15) is 5.82 Å². The minimum atomic E-state index is -0.224. The van der Waals surface area contributed by atoms with Crippen LogP contribution in [0.3, 0.4) is 0 Å². The first-order chi connectivity index (χ1) is 10.6. The summed E-state index contributed by atoms with van der Waals surface area (Å²) < 4.78 is 12.8. The molecule has 0 unspecified atom stereocenters. The number of halogens is 1. The molecule has 0 atom stereocenters. The zero-order chi connectivity index (χ0) is 15.8. The van der Waals surface area contributed by atoms with Gasteiger partial charge < -0.3 is 5.32 Å². The van der Waals surface area contributed by atoms with Crippen molar-refractivity contribution >= 4 is 12.0 Å². The lowest BCUT2D eigenvalue weighted by atomic mass is 10.1. The van der Waals surface area contributed by atoms with E-state index in [0.29, 0.717) is 6.54 Å². The largest absolute Gasteiger partial charge is 0.353 e. The molecule has 0 bridgehead atoms. The monoisotopic (exact) mass is 297 g/mol. The molecule has 22 heavy (non-hydrogen) atoms.